The zero-order chi connectivity index (χ0) is 14.9. The van der Waals surface area contributed by atoms with E-state index in [1.807, 2.05) is 45.0 Å². The van der Waals surface area contributed by atoms with E-state index in [0.29, 0.717) is 0 Å². The SMILES string of the molecule is Cc1ccc([C@@H]2[C@@H](C(=O)NC(C)C)CC(=O)N2C)cc1. The number of hydrogen-bond donors (Lipinski definition) is 1. The summed E-state index contributed by atoms with van der Waals surface area (Å²) in [5.74, 6) is -0.319. The molecule has 2 atom stereocenters. The van der Waals surface area contributed by atoms with E-state index in [2.05, 4.69) is 5.32 Å². The van der Waals surface area contributed by atoms with Crippen molar-refractivity contribution in [2.45, 2.75) is 39.3 Å². The molecule has 0 aromatic heterocycles. The molecule has 1 heterocycles. The minimum atomic E-state index is -0.308. The minimum absolute atomic E-state index is 0.0273. The van der Waals surface area contributed by atoms with Crippen LogP contribution in [0.3, 0.4) is 0 Å². The Kier molecular flexibility index (Phi) is 4.12. The number of amides is 2. The molecular formula is C16H22N2O2. The molecule has 0 aliphatic carbocycles. The van der Waals surface area contributed by atoms with Gasteiger partial charge in [0.05, 0.1) is 12.0 Å². The lowest BCUT2D eigenvalue weighted by atomic mass is 9.92. The van der Waals surface area contributed by atoms with Gasteiger partial charge in [-0.25, -0.2) is 0 Å². The van der Waals surface area contributed by atoms with Gasteiger partial charge in [-0.2, -0.15) is 0 Å². The number of benzene rings is 1. The molecule has 4 nitrogen and oxygen atoms in total. The molecule has 1 aliphatic heterocycles. The number of carbonyl (C=O) groups excluding carboxylic acids is 2. The summed E-state index contributed by atoms with van der Waals surface area (Å²) in [5.41, 5.74) is 2.19. The van der Waals surface area contributed by atoms with Crippen LogP contribution in [0.15, 0.2) is 24.3 Å². The van der Waals surface area contributed by atoms with Crippen molar-refractivity contribution in [3.8, 4) is 0 Å². The molecule has 1 fully saturated rings. The largest absolute Gasteiger partial charge is 0.354 e. The zero-order valence-corrected chi connectivity index (χ0v) is 12.5. The number of likely N-dealkylation sites (tertiary alicyclic amines) is 1. The van der Waals surface area contributed by atoms with Crippen molar-refractivity contribution in [1.82, 2.24) is 10.2 Å². The molecule has 0 unspecified atom stereocenters. The van der Waals surface area contributed by atoms with Crippen molar-refractivity contribution in [3.63, 3.8) is 0 Å². The van der Waals surface area contributed by atoms with Crippen LogP contribution in [0.5, 0.6) is 0 Å². The number of hydrogen-bond acceptors (Lipinski definition) is 2. The summed E-state index contributed by atoms with van der Waals surface area (Å²) >= 11 is 0. The van der Waals surface area contributed by atoms with Crippen LogP contribution in [0.1, 0.15) is 37.4 Å². The highest BCUT2D eigenvalue weighted by Crippen LogP contribution is 2.37. The van der Waals surface area contributed by atoms with E-state index in [1.165, 1.54) is 5.56 Å². The Morgan fingerprint density at radius 2 is 1.90 bits per heavy atom. The second-order valence-electron chi connectivity index (χ2n) is 5.83. The van der Waals surface area contributed by atoms with Crippen LogP contribution in [0, 0.1) is 12.8 Å². The van der Waals surface area contributed by atoms with Crippen LogP contribution in [0.2, 0.25) is 0 Å². The maximum Gasteiger partial charge on any atom is 0.226 e. The first-order valence-electron chi connectivity index (χ1n) is 7.02. The summed E-state index contributed by atoms with van der Waals surface area (Å²) in [7, 11) is 1.77. The maximum atomic E-state index is 12.3. The zero-order valence-electron chi connectivity index (χ0n) is 12.5. The topological polar surface area (TPSA) is 49.4 Å². The molecule has 1 aliphatic rings. The van der Waals surface area contributed by atoms with Crippen LogP contribution in [0.25, 0.3) is 0 Å². The Hall–Kier alpha value is -1.84. The Labute approximate surface area is 120 Å². The Morgan fingerprint density at radius 1 is 1.30 bits per heavy atom. The van der Waals surface area contributed by atoms with Crippen LogP contribution in [-0.2, 0) is 9.59 Å². The molecule has 1 aromatic rings. The first-order chi connectivity index (χ1) is 9.40. The van der Waals surface area contributed by atoms with Gasteiger partial charge in [-0.3, -0.25) is 9.59 Å². The van der Waals surface area contributed by atoms with E-state index in [-0.39, 0.29) is 36.2 Å². The molecular weight excluding hydrogens is 252 g/mol. The van der Waals surface area contributed by atoms with Crippen molar-refractivity contribution in [2.24, 2.45) is 5.92 Å². The number of nitrogens with zero attached hydrogens (tertiary/aromatic N) is 1. The lowest BCUT2D eigenvalue weighted by Gasteiger charge is -2.25. The first-order valence-corrected chi connectivity index (χ1v) is 7.02. The lowest BCUT2D eigenvalue weighted by molar-refractivity contribution is -0.128. The molecule has 0 saturated carbocycles. The maximum absolute atomic E-state index is 12.3. The summed E-state index contributed by atoms with van der Waals surface area (Å²) in [6.07, 6.45) is 0.285. The predicted octanol–water partition coefficient (Wildman–Crippen LogP) is 2.04. The van der Waals surface area contributed by atoms with Gasteiger partial charge in [-0.1, -0.05) is 29.8 Å². The fourth-order valence-corrected chi connectivity index (χ4v) is 2.72. The molecule has 1 saturated heterocycles. The third-order valence-electron chi connectivity index (χ3n) is 3.77. The van der Waals surface area contributed by atoms with E-state index in [9.17, 15) is 9.59 Å². The Balaban J connectivity index is 2.28. The average molecular weight is 274 g/mol. The van der Waals surface area contributed by atoms with Crippen molar-refractivity contribution < 1.29 is 9.59 Å². The normalized spacial score (nSPS) is 22.4. The first kappa shape index (κ1) is 14.6. The number of nitrogens with one attached hydrogen (secondary N) is 1. The van der Waals surface area contributed by atoms with Gasteiger partial charge in [-0.15, -0.1) is 0 Å². The lowest BCUT2D eigenvalue weighted by Crippen LogP contribution is -2.38. The van der Waals surface area contributed by atoms with E-state index in [1.54, 1.807) is 11.9 Å². The molecule has 2 amide bonds. The van der Waals surface area contributed by atoms with Crippen LogP contribution < -0.4 is 5.32 Å². The fraction of sp³-hybridized carbons (Fsp3) is 0.500. The third-order valence-corrected chi connectivity index (χ3v) is 3.77. The second kappa shape index (κ2) is 5.65. The molecule has 108 valence electrons. The van der Waals surface area contributed by atoms with Crippen LogP contribution >= 0.6 is 0 Å². The minimum Gasteiger partial charge on any atom is -0.354 e. The monoisotopic (exact) mass is 274 g/mol. The van der Waals surface area contributed by atoms with Crippen molar-refractivity contribution in [1.29, 1.82) is 0 Å². The summed E-state index contributed by atoms with van der Waals surface area (Å²) in [4.78, 5) is 26.0. The molecule has 0 spiro atoms. The Bertz CT molecular complexity index is 508. The molecule has 0 radical (unpaired) electrons. The van der Waals surface area contributed by atoms with Gasteiger partial charge in [0, 0.05) is 19.5 Å². The number of rotatable bonds is 3. The smallest absolute Gasteiger partial charge is 0.226 e. The third kappa shape index (κ3) is 2.84. The van der Waals surface area contributed by atoms with Gasteiger partial charge in [0.2, 0.25) is 11.8 Å². The van der Waals surface area contributed by atoms with Crippen LogP contribution in [-0.4, -0.2) is 29.8 Å². The quantitative estimate of drug-likeness (QED) is 0.917. The van der Waals surface area contributed by atoms with Gasteiger partial charge < -0.3 is 10.2 Å². The van der Waals surface area contributed by atoms with Gasteiger partial charge in [0.15, 0.2) is 0 Å². The molecule has 4 heteroatoms. The standard InChI is InChI=1S/C16H22N2O2/c1-10(2)17-16(20)13-9-14(19)18(4)15(13)12-7-5-11(3)6-8-12/h5-8,10,13,15H,9H2,1-4H3,(H,17,20)/t13-,15+/m0/s1. The number of carbonyl (C=O) groups is 2. The molecule has 1 aromatic carbocycles. The Morgan fingerprint density at radius 3 is 2.45 bits per heavy atom. The summed E-state index contributed by atoms with van der Waals surface area (Å²) < 4.78 is 0. The van der Waals surface area contributed by atoms with E-state index >= 15 is 0 Å². The van der Waals surface area contributed by atoms with Gasteiger partial charge >= 0.3 is 0 Å². The van der Waals surface area contributed by atoms with E-state index < -0.39 is 0 Å². The second-order valence-corrected chi connectivity index (χ2v) is 5.83. The molecule has 2 rings (SSSR count). The highest BCUT2D eigenvalue weighted by molar-refractivity contribution is 5.90. The van der Waals surface area contributed by atoms with Crippen molar-refractivity contribution in [3.05, 3.63) is 35.4 Å². The summed E-state index contributed by atoms with van der Waals surface area (Å²) in [6, 6.07) is 7.96. The molecule has 20 heavy (non-hydrogen) atoms. The molecule has 1 N–H and O–H groups in total. The van der Waals surface area contributed by atoms with Crippen LogP contribution in [0.4, 0.5) is 0 Å². The van der Waals surface area contributed by atoms with Crippen molar-refractivity contribution >= 4 is 11.8 Å². The van der Waals surface area contributed by atoms with Crippen molar-refractivity contribution in [2.75, 3.05) is 7.05 Å². The summed E-state index contributed by atoms with van der Waals surface area (Å²) in [6.45, 7) is 5.88. The molecule has 0 bridgehead atoms. The average Bonchev–Trinajstić information content (AvgIpc) is 2.67. The van der Waals surface area contributed by atoms with E-state index in [4.69, 9.17) is 0 Å². The van der Waals surface area contributed by atoms with Gasteiger partial charge in [-0.05, 0) is 26.3 Å². The summed E-state index contributed by atoms with van der Waals surface area (Å²) in [5, 5.41) is 2.92. The number of aryl methyl sites for hydroxylation is 1. The van der Waals surface area contributed by atoms with Gasteiger partial charge in [0.1, 0.15) is 0 Å². The predicted molar refractivity (Wildman–Crippen MR) is 78.1 cm³/mol. The fourth-order valence-electron chi connectivity index (χ4n) is 2.72. The van der Waals surface area contributed by atoms with Gasteiger partial charge in [0.25, 0.3) is 0 Å². The van der Waals surface area contributed by atoms with E-state index in [0.717, 1.165) is 5.56 Å². The highest BCUT2D eigenvalue weighted by atomic mass is 16.2. The highest BCUT2D eigenvalue weighted by Gasteiger charge is 2.42.